The molecule has 1 heterocycles. The van der Waals surface area contributed by atoms with E-state index in [0.29, 0.717) is 33.4 Å². The molecule has 0 aliphatic carbocycles. The van der Waals surface area contributed by atoms with Crippen LogP contribution in [0, 0.1) is 12.7 Å². The van der Waals surface area contributed by atoms with E-state index in [9.17, 15) is 14.0 Å². The molecular formula is C26H22ClFN2O2. The Morgan fingerprint density at radius 2 is 1.56 bits per heavy atom. The minimum absolute atomic E-state index is 0.147. The second-order valence-corrected chi connectivity index (χ2v) is 8.47. The minimum atomic E-state index is -0.479. The molecule has 0 fully saturated rings. The molecule has 162 valence electrons. The van der Waals surface area contributed by atoms with Gasteiger partial charge in [-0.25, -0.2) is 9.29 Å². The van der Waals surface area contributed by atoms with E-state index in [4.69, 9.17) is 11.6 Å². The Morgan fingerprint density at radius 3 is 2.16 bits per heavy atom. The Bertz CT molecular complexity index is 1230. The molecule has 1 aliphatic heterocycles. The molecule has 6 heteroatoms. The monoisotopic (exact) mass is 448 g/mol. The summed E-state index contributed by atoms with van der Waals surface area (Å²) in [6.45, 7) is 5.99. The minimum Gasteiger partial charge on any atom is -0.350 e. The van der Waals surface area contributed by atoms with Crippen LogP contribution in [0.4, 0.5) is 15.8 Å². The third-order valence-corrected chi connectivity index (χ3v) is 5.70. The van der Waals surface area contributed by atoms with Crippen LogP contribution in [0.15, 0.2) is 72.4 Å². The molecule has 0 radical (unpaired) electrons. The van der Waals surface area contributed by atoms with Gasteiger partial charge in [0.25, 0.3) is 11.8 Å². The molecule has 0 unspecified atom stereocenters. The number of aryl methyl sites for hydroxylation is 1. The van der Waals surface area contributed by atoms with E-state index in [1.54, 1.807) is 25.1 Å². The van der Waals surface area contributed by atoms with Gasteiger partial charge in [-0.05, 0) is 72.0 Å². The van der Waals surface area contributed by atoms with E-state index < -0.39 is 17.6 Å². The van der Waals surface area contributed by atoms with Gasteiger partial charge in [0.05, 0.1) is 11.3 Å². The Morgan fingerprint density at radius 1 is 0.906 bits per heavy atom. The van der Waals surface area contributed by atoms with Crippen molar-refractivity contribution in [2.45, 2.75) is 26.7 Å². The molecule has 0 spiro atoms. The van der Waals surface area contributed by atoms with Crippen molar-refractivity contribution in [1.82, 2.24) is 0 Å². The second-order valence-electron chi connectivity index (χ2n) is 8.04. The molecule has 1 N–H and O–H groups in total. The van der Waals surface area contributed by atoms with Gasteiger partial charge >= 0.3 is 0 Å². The lowest BCUT2D eigenvalue weighted by atomic mass is 10.0. The van der Waals surface area contributed by atoms with Gasteiger partial charge in [-0.1, -0.05) is 49.7 Å². The van der Waals surface area contributed by atoms with Crippen LogP contribution in [0.5, 0.6) is 0 Å². The van der Waals surface area contributed by atoms with Crippen LogP contribution in [0.1, 0.15) is 36.5 Å². The van der Waals surface area contributed by atoms with Crippen molar-refractivity contribution in [3.8, 4) is 0 Å². The van der Waals surface area contributed by atoms with Crippen molar-refractivity contribution in [2.24, 2.45) is 0 Å². The van der Waals surface area contributed by atoms with Crippen LogP contribution in [0.2, 0.25) is 5.02 Å². The lowest BCUT2D eigenvalue weighted by molar-refractivity contribution is -0.120. The van der Waals surface area contributed by atoms with Crippen molar-refractivity contribution in [3.05, 3.63) is 100.0 Å². The number of hydrogen-bond acceptors (Lipinski definition) is 3. The highest BCUT2D eigenvalue weighted by molar-refractivity contribution is 6.46. The lowest BCUT2D eigenvalue weighted by Crippen LogP contribution is -2.33. The molecule has 2 amide bonds. The number of carbonyl (C=O) groups is 2. The van der Waals surface area contributed by atoms with Crippen LogP contribution < -0.4 is 10.2 Å². The van der Waals surface area contributed by atoms with Crippen molar-refractivity contribution in [3.63, 3.8) is 0 Å². The highest BCUT2D eigenvalue weighted by atomic mass is 35.5. The molecule has 0 saturated carbocycles. The number of anilines is 2. The zero-order valence-electron chi connectivity index (χ0n) is 17.9. The molecule has 0 saturated heterocycles. The second kappa shape index (κ2) is 8.60. The summed E-state index contributed by atoms with van der Waals surface area (Å²) in [5.41, 5.74) is 3.79. The predicted octanol–water partition coefficient (Wildman–Crippen LogP) is 6.31. The molecular weight excluding hydrogens is 427 g/mol. The Kier molecular flexibility index (Phi) is 5.85. The number of hydrogen-bond donors (Lipinski definition) is 1. The molecule has 32 heavy (non-hydrogen) atoms. The highest BCUT2D eigenvalue weighted by Gasteiger charge is 2.40. The predicted molar refractivity (Wildman–Crippen MR) is 126 cm³/mol. The number of benzene rings is 3. The van der Waals surface area contributed by atoms with E-state index in [2.05, 4.69) is 19.2 Å². The SMILES string of the molecule is Cc1cc(Cl)ccc1N1C(=O)C(Nc2ccc(C(C)C)cc2)=C(c2ccc(F)cc2)C1=O. The lowest BCUT2D eigenvalue weighted by Gasteiger charge is -2.18. The number of nitrogens with zero attached hydrogens (tertiary/aromatic N) is 1. The van der Waals surface area contributed by atoms with Crippen molar-refractivity contribution < 1.29 is 14.0 Å². The van der Waals surface area contributed by atoms with Gasteiger partial charge in [-0.3, -0.25) is 9.59 Å². The Labute approximate surface area is 191 Å². The maximum atomic E-state index is 13.5. The number of imide groups is 1. The van der Waals surface area contributed by atoms with E-state index in [-0.39, 0.29) is 11.3 Å². The third kappa shape index (κ3) is 4.04. The van der Waals surface area contributed by atoms with Gasteiger partial charge < -0.3 is 5.32 Å². The van der Waals surface area contributed by atoms with Gasteiger partial charge in [0.15, 0.2) is 0 Å². The Balaban J connectivity index is 1.80. The molecule has 3 aromatic carbocycles. The van der Waals surface area contributed by atoms with Crippen LogP contribution in [0.25, 0.3) is 5.57 Å². The quantitative estimate of drug-likeness (QED) is 0.465. The summed E-state index contributed by atoms with van der Waals surface area (Å²) < 4.78 is 13.5. The fraction of sp³-hybridized carbons (Fsp3) is 0.154. The average Bonchev–Trinajstić information content (AvgIpc) is 2.99. The molecule has 3 aromatic rings. The number of rotatable bonds is 5. The zero-order valence-corrected chi connectivity index (χ0v) is 18.7. The summed E-state index contributed by atoms with van der Waals surface area (Å²) in [6.07, 6.45) is 0. The molecule has 4 nitrogen and oxygen atoms in total. The molecule has 1 aliphatic rings. The van der Waals surface area contributed by atoms with E-state index in [0.717, 1.165) is 10.5 Å². The molecule has 0 aromatic heterocycles. The normalized spacial score (nSPS) is 14.0. The van der Waals surface area contributed by atoms with Crippen LogP contribution in [-0.2, 0) is 9.59 Å². The van der Waals surface area contributed by atoms with Crippen molar-refractivity contribution >= 4 is 40.4 Å². The van der Waals surface area contributed by atoms with Gasteiger partial charge in [-0.2, -0.15) is 0 Å². The highest BCUT2D eigenvalue weighted by Crippen LogP contribution is 2.36. The first-order valence-corrected chi connectivity index (χ1v) is 10.7. The Hall–Kier alpha value is -3.44. The maximum Gasteiger partial charge on any atom is 0.282 e. The van der Waals surface area contributed by atoms with Crippen LogP contribution in [0.3, 0.4) is 0 Å². The largest absolute Gasteiger partial charge is 0.350 e. The molecule has 0 atom stereocenters. The molecule has 0 bridgehead atoms. The first-order valence-electron chi connectivity index (χ1n) is 10.3. The summed E-state index contributed by atoms with van der Waals surface area (Å²) in [4.78, 5) is 28.1. The standard InChI is InChI=1S/C26H22ClFN2O2/c1-15(2)17-6-11-21(12-7-17)29-24-23(18-4-9-20(28)10-5-18)25(31)30(26(24)32)22-13-8-19(27)14-16(22)3/h4-15,29H,1-3H3. The number of carbonyl (C=O) groups excluding carboxylic acids is 2. The van der Waals surface area contributed by atoms with Gasteiger partial charge in [0.2, 0.25) is 0 Å². The zero-order chi connectivity index (χ0) is 23.0. The smallest absolute Gasteiger partial charge is 0.282 e. The van der Waals surface area contributed by atoms with Gasteiger partial charge in [0, 0.05) is 10.7 Å². The number of halogens is 2. The number of amides is 2. The fourth-order valence-electron chi connectivity index (χ4n) is 3.71. The molecule has 4 rings (SSSR count). The maximum absolute atomic E-state index is 13.5. The third-order valence-electron chi connectivity index (χ3n) is 5.46. The van der Waals surface area contributed by atoms with E-state index in [1.165, 1.54) is 24.3 Å². The van der Waals surface area contributed by atoms with Gasteiger partial charge in [0.1, 0.15) is 11.5 Å². The topological polar surface area (TPSA) is 49.4 Å². The van der Waals surface area contributed by atoms with Crippen LogP contribution in [-0.4, -0.2) is 11.8 Å². The van der Waals surface area contributed by atoms with E-state index in [1.807, 2.05) is 24.3 Å². The first kappa shape index (κ1) is 21.8. The van der Waals surface area contributed by atoms with Crippen molar-refractivity contribution in [1.29, 1.82) is 0 Å². The summed E-state index contributed by atoms with van der Waals surface area (Å²) in [7, 11) is 0. The fourth-order valence-corrected chi connectivity index (χ4v) is 3.94. The summed E-state index contributed by atoms with van der Waals surface area (Å²) in [5, 5.41) is 3.64. The van der Waals surface area contributed by atoms with Crippen molar-refractivity contribution in [2.75, 3.05) is 10.2 Å². The summed E-state index contributed by atoms with van der Waals surface area (Å²) in [6, 6.07) is 18.2. The number of nitrogens with one attached hydrogen (secondary N) is 1. The first-order chi connectivity index (χ1) is 15.3. The van der Waals surface area contributed by atoms with Gasteiger partial charge in [-0.15, -0.1) is 0 Å². The summed E-state index contributed by atoms with van der Waals surface area (Å²) >= 11 is 6.06. The van der Waals surface area contributed by atoms with E-state index >= 15 is 0 Å². The summed E-state index contributed by atoms with van der Waals surface area (Å²) in [5.74, 6) is -1.01. The average molecular weight is 449 g/mol. The van der Waals surface area contributed by atoms with Crippen LogP contribution >= 0.6 is 11.6 Å².